The molecule has 2 aromatic rings. The molecule has 5 heteroatoms. The third-order valence-corrected chi connectivity index (χ3v) is 6.16. The standard InChI is InChI=1S/C23H30N2O2S/c1-18-6-5-7-19(14-18)16-28-17-23(26)24-15-22(25-12-3-4-13-25)20-8-10-21(27-2)11-9-20/h5-11,14,22H,3-4,12-13,15-17H2,1-2H3,(H,24,26). The zero-order valence-electron chi connectivity index (χ0n) is 16.8. The van der Waals surface area contributed by atoms with Crippen LogP contribution in [0.15, 0.2) is 48.5 Å². The fourth-order valence-electron chi connectivity index (χ4n) is 3.66. The van der Waals surface area contributed by atoms with Gasteiger partial charge in [-0.25, -0.2) is 0 Å². The Hall–Kier alpha value is -1.98. The van der Waals surface area contributed by atoms with Crippen molar-refractivity contribution in [1.82, 2.24) is 10.2 Å². The molecule has 0 aromatic heterocycles. The van der Waals surface area contributed by atoms with Crippen LogP contribution in [0, 0.1) is 6.92 Å². The van der Waals surface area contributed by atoms with E-state index in [-0.39, 0.29) is 11.9 Å². The smallest absolute Gasteiger partial charge is 0.230 e. The Balaban J connectivity index is 1.51. The van der Waals surface area contributed by atoms with E-state index in [1.807, 2.05) is 12.1 Å². The van der Waals surface area contributed by atoms with Gasteiger partial charge in [-0.1, -0.05) is 42.0 Å². The summed E-state index contributed by atoms with van der Waals surface area (Å²) in [5.74, 6) is 2.32. The Kier molecular flexibility index (Phi) is 7.80. The van der Waals surface area contributed by atoms with Gasteiger partial charge >= 0.3 is 0 Å². The fourth-order valence-corrected chi connectivity index (χ4v) is 4.47. The van der Waals surface area contributed by atoms with Crippen LogP contribution in [0.25, 0.3) is 0 Å². The number of likely N-dealkylation sites (tertiary alicyclic amines) is 1. The number of rotatable bonds is 9. The van der Waals surface area contributed by atoms with E-state index >= 15 is 0 Å². The van der Waals surface area contributed by atoms with Gasteiger partial charge in [-0.2, -0.15) is 0 Å². The number of aryl methyl sites for hydroxylation is 1. The van der Waals surface area contributed by atoms with Crippen LogP contribution in [0.2, 0.25) is 0 Å². The van der Waals surface area contributed by atoms with Crippen LogP contribution in [0.5, 0.6) is 5.75 Å². The lowest BCUT2D eigenvalue weighted by atomic mass is 10.1. The molecule has 1 fully saturated rings. The maximum Gasteiger partial charge on any atom is 0.230 e. The van der Waals surface area contributed by atoms with E-state index in [4.69, 9.17) is 4.74 Å². The monoisotopic (exact) mass is 398 g/mol. The number of carbonyl (C=O) groups is 1. The van der Waals surface area contributed by atoms with Crippen molar-refractivity contribution in [1.29, 1.82) is 0 Å². The molecule has 4 nitrogen and oxygen atoms in total. The summed E-state index contributed by atoms with van der Waals surface area (Å²) in [4.78, 5) is 14.9. The van der Waals surface area contributed by atoms with Gasteiger partial charge in [0.05, 0.1) is 18.9 Å². The third kappa shape index (κ3) is 6.01. The molecule has 1 atom stereocenters. The number of thioether (sulfide) groups is 1. The van der Waals surface area contributed by atoms with Crippen molar-refractivity contribution >= 4 is 17.7 Å². The molecule has 0 aliphatic carbocycles. The van der Waals surface area contributed by atoms with Crippen LogP contribution >= 0.6 is 11.8 Å². The maximum absolute atomic E-state index is 12.4. The van der Waals surface area contributed by atoms with E-state index in [0.29, 0.717) is 12.3 Å². The predicted molar refractivity (Wildman–Crippen MR) is 117 cm³/mol. The lowest BCUT2D eigenvalue weighted by molar-refractivity contribution is -0.118. The largest absolute Gasteiger partial charge is 0.497 e. The highest BCUT2D eigenvalue weighted by Crippen LogP contribution is 2.26. The van der Waals surface area contributed by atoms with Gasteiger partial charge in [0.15, 0.2) is 0 Å². The lowest BCUT2D eigenvalue weighted by Crippen LogP contribution is -2.37. The Morgan fingerprint density at radius 1 is 1.18 bits per heavy atom. The van der Waals surface area contributed by atoms with E-state index in [2.05, 4.69) is 53.5 Å². The predicted octanol–water partition coefficient (Wildman–Crippen LogP) is 4.19. The first-order valence-electron chi connectivity index (χ1n) is 9.93. The van der Waals surface area contributed by atoms with Crippen molar-refractivity contribution in [3.05, 3.63) is 65.2 Å². The number of hydrogen-bond acceptors (Lipinski definition) is 4. The number of carbonyl (C=O) groups excluding carboxylic acids is 1. The molecule has 1 heterocycles. The molecule has 1 aliphatic rings. The molecule has 1 aliphatic heterocycles. The summed E-state index contributed by atoms with van der Waals surface area (Å²) in [6, 6.07) is 16.9. The second-order valence-corrected chi connectivity index (χ2v) is 8.30. The average molecular weight is 399 g/mol. The summed E-state index contributed by atoms with van der Waals surface area (Å²) in [7, 11) is 1.68. The molecule has 3 rings (SSSR count). The average Bonchev–Trinajstić information content (AvgIpc) is 3.23. The van der Waals surface area contributed by atoms with Gasteiger partial charge in [-0.15, -0.1) is 11.8 Å². The Labute approximate surface area is 172 Å². The van der Waals surface area contributed by atoms with Crippen LogP contribution in [0.3, 0.4) is 0 Å². The number of hydrogen-bond donors (Lipinski definition) is 1. The topological polar surface area (TPSA) is 41.6 Å². The SMILES string of the molecule is COc1ccc(C(CNC(=O)CSCc2cccc(C)c2)N2CCCC2)cc1. The number of nitrogens with one attached hydrogen (secondary N) is 1. The maximum atomic E-state index is 12.4. The summed E-state index contributed by atoms with van der Waals surface area (Å²) < 4.78 is 5.27. The zero-order chi connectivity index (χ0) is 19.8. The van der Waals surface area contributed by atoms with Crippen LogP contribution < -0.4 is 10.1 Å². The van der Waals surface area contributed by atoms with Gasteiger partial charge in [-0.3, -0.25) is 9.69 Å². The van der Waals surface area contributed by atoms with Gasteiger partial charge in [0.25, 0.3) is 0 Å². The minimum atomic E-state index is 0.107. The molecule has 1 unspecified atom stereocenters. The highest BCUT2D eigenvalue weighted by Gasteiger charge is 2.24. The van der Waals surface area contributed by atoms with Crippen molar-refractivity contribution in [3.63, 3.8) is 0 Å². The van der Waals surface area contributed by atoms with Crippen molar-refractivity contribution in [2.75, 3.05) is 32.5 Å². The zero-order valence-corrected chi connectivity index (χ0v) is 17.6. The minimum Gasteiger partial charge on any atom is -0.497 e. The first-order valence-corrected chi connectivity index (χ1v) is 11.1. The molecule has 0 bridgehead atoms. The Morgan fingerprint density at radius 3 is 2.61 bits per heavy atom. The Bertz CT molecular complexity index is 757. The Morgan fingerprint density at radius 2 is 1.93 bits per heavy atom. The molecule has 2 aromatic carbocycles. The molecule has 28 heavy (non-hydrogen) atoms. The number of benzene rings is 2. The van der Waals surface area contributed by atoms with Gasteiger partial charge in [0.2, 0.25) is 5.91 Å². The molecular formula is C23H30N2O2S. The van der Waals surface area contributed by atoms with Crippen LogP contribution in [0.1, 0.15) is 35.6 Å². The van der Waals surface area contributed by atoms with Crippen molar-refractivity contribution in [2.24, 2.45) is 0 Å². The molecule has 1 amide bonds. The number of amides is 1. The van der Waals surface area contributed by atoms with Crippen LogP contribution in [0.4, 0.5) is 0 Å². The molecule has 150 valence electrons. The summed E-state index contributed by atoms with van der Waals surface area (Å²) >= 11 is 1.67. The number of nitrogens with zero attached hydrogens (tertiary/aromatic N) is 1. The van der Waals surface area contributed by atoms with Crippen molar-refractivity contribution < 1.29 is 9.53 Å². The van der Waals surface area contributed by atoms with Crippen molar-refractivity contribution in [2.45, 2.75) is 31.6 Å². The highest BCUT2D eigenvalue weighted by atomic mass is 32.2. The second-order valence-electron chi connectivity index (χ2n) is 7.32. The van der Waals surface area contributed by atoms with E-state index in [1.54, 1.807) is 18.9 Å². The highest BCUT2D eigenvalue weighted by molar-refractivity contribution is 7.99. The number of ether oxygens (including phenoxy) is 1. The quantitative estimate of drug-likeness (QED) is 0.688. The minimum absolute atomic E-state index is 0.107. The fraction of sp³-hybridized carbons (Fsp3) is 0.435. The molecular weight excluding hydrogens is 368 g/mol. The second kappa shape index (κ2) is 10.5. The number of methoxy groups -OCH3 is 1. The molecule has 1 saturated heterocycles. The molecule has 0 spiro atoms. The lowest BCUT2D eigenvalue weighted by Gasteiger charge is -2.28. The van der Waals surface area contributed by atoms with E-state index in [1.165, 1.54) is 29.5 Å². The molecule has 0 radical (unpaired) electrons. The summed E-state index contributed by atoms with van der Waals surface area (Å²) in [5, 5.41) is 3.15. The van der Waals surface area contributed by atoms with Gasteiger partial charge in [0, 0.05) is 12.3 Å². The van der Waals surface area contributed by atoms with Crippen LogP contribution in [-0.2, 0) is 10.5 Å². The van der Waals surface area contributed by atoms with Gasteiger partial charge in [0.1, 0.15) is 5.75 Å². The van der Waals surface area contributed by atoms with E-state index in [0.717, 1.165) is 24.6 Å². The van der Waals surface area contributed by atoms with Crippen LogP contribution in [-0.4, -0.2) is 43.3 Å². The van der Waals surface area contributed by atoms with E-state index < -0.39 is 0 Å². The first kappa shape index (κ1) is 20.7. The first-order chi connectivity index (χ1) is 13.7. The molecule has 1 N–H and O–H groups in total. The van der Waals surface area contributed by atoms with Gasteiger partial charge < -0.3 is 10.1 Å². The van der Waals surface area contributed by atoms with E-state index in [9.17, 15) is 4.79 Å². The molecule has 0 saturated carbocycles. The van der Waals surface area contributed by atoms with Gasteiger partial charge in [-0.05, 0) is 56.1 Å². The third-order valence-electron chi connectivity index (χ3n) is 5.16. The van der Waals surface area contributed by atoms with Crippen molar-refractivity contribution in [3.8, 4) is 5.75 Å². The normalized spacial score (nSPS) is 15.4. The summed E-state index contributed by atoms with van der Waals surface area (Å²) in [6.45, 7) is 4.93. The summed E-state index contributed by atoms with van der Waals surface area (Å²) in [6.07, 6.45) is 2.46. The summed E-state index contributed by atoms with van der Waals surface area (Å²) in [5.41, 5.74) is 3.76.